The minimum atomic E-state index is 0.634. The Balaban J connectivity index is 1.09. The molecule has 0 N–H and O–H groups in total. The first-order chi connectivity index (χ1) is 27.7. The smallest absolute Gasteiger partial charge is 0.164 e. The van der Waals surface area contributed by atoms with E-state index >= 15 is 0 Å². The highest BCUT2D eigenvalue weighted by molar-refractivity contribution is 6.20. The third-order valence-corrected chi connectivity index (χ3v) is 11.1. The van der Waals surface area contributed by atoms with Crippen molar-refractivity contribution in [3.63, 3.8) is 0 Å². The molecule has 0 aliphatic carbocycles. The van der Waals surface area contributed by atoms with Gasteiger partial charge in [-0.1, -0.05) is 194 Å². The normalized spacial score (nSPS) is 11.6. The van der Waals surface area contributed by atoms with Crippen LogP contribution in [0.5, 0.6) is 0 Å². The minimum Gasteiger partial charge on any atom is -0.208 e. The molecule has 0 atom stereocenters. The molecule has 260 valence electrons. The fourth-order valence-corrected chi connectivity index (χ4v) is 8.36. The second kappa shape index (κ2) is 13.1. The Morgan fingerprint density at radius 2 is 0.750 bits per heavy atom. The molecular weight excluding hydrogens is 679 g/mol. The number of benzene rings is 10. The van der Waals surface area contributed by atoms with Gasteiger partial charge in [-0.2, -0.15) is 0 Å². The monoisotopic (exact) mass is 711 g/mol. The molecule has 0 amide bonds. The zero-order chi connectivity index (χ0) is 37.0. The fraction of sp³-hybridized carbons (Fsp3) is 0. The molecule has 11 aromatic rings. The van der Waals surface area contributed by atoms with E-state index in [0.717, 1.165) is 38.6 Å². The van der Waals surface area contributed by atoms with Crippen LogP contribution < -0.4 is 0 Å². The Labute approximate surface area is 324 Å². The molecule has 0 radical (unpaired) electrons. The highest BCUT2D eigenvalue weighted by Gasteiger charge is 2.17. The van der Waals surface area contributed by atoms with Crippen molar-refractivity contribution in [3.8, 4) is 56.4 Å². The van der Waals surface area contributed by atoms with E-state index in [1.807, 2.05) is 6.07 Å². The Kier molecular flexibility index (Phi) is 7.49. The minimum absolute atomic E-state index is 0.634. The zero-order valence-corrected chi connectivity index (χ0v) is 30.4. The summed E-state index contributed by atoms with van der Waals surface area (Å²) in [5.41, 5.74) is 7.55. The number of aromatic nitrogens is 3. The Bertz CT molecular complexity index is 3280. The van der Waals surface area contributed by atoms with Crippen LogP contribution in [0.3, 0.4) is 0 Å². The van der Waals surface area contributed by atoms with E-state index < -0.39 is 0 Å². The molecular formula is C53H33N3. The molecule has 1 heterocycles. The highest BCUT2D eigenvalue weighted by Crippen LogP contribution is 2.40. The summed E-state index contributed by atoms with van der Waals surface area (Å²) in [5.74, 6) is 1.92. The van der Waals surface area contributed by atoms with Crippen molar-refractivity contribution < 1.29 is 0 Å². The average Bonchev–Trinajstić information content (AvgIpc) is 3.28. The van der Waals surface area contributed by atoms with Gasteiger partial charge in [0.15, 0.2) is 17.5 Å². The van der Waals surface area contributed by atoms with Gasteiger partial charge in [0, 0.05) is 22.1 Å². The molecule has 3 nitrogen and oxygen atoms in total. The maximum Gasteiger partial charge on any atom is 0.164 e. The van der Waals surface area contributed by atoms with E-state index in [1.165, 1.54) is 54.2 Å². The molecule has 1 aromatic heterocycles. The van der Waals surface area contributed by atoms with Gasteiger partial charge in [0.05, 0.1) is 0 Å². The first-order valence-corrected chi connectivity index (χ1v) is 19.0. The maximum absolute atomic E-state index is 5.24. The summed E-state index contributed by atoms with van der Waals surface area (Å²) in [4.78, 5) is 15.6. The number of hydrogen-bond acceptors (Lipinski definition) is 3. The predicted molar refractivity (Wildman–Crippen MR) is 235 cm³/mol. The first kappa shape index (κ1) is 32.0. The summed E-state index contributed by atoms with van der Waals surface area (Å²) in [6.07, 6.45) is 0. The molecule has 0 bridgehead atoms. The Morgan fingerprint density at radius 1 is 0.250 bits per heavy atom. The number of rotatable bonds is 5. The number of fused-ring (bicyclic) bond motifs is 7. The van der Waals surface area contributed by atoms with Crippen molar-refractivity contribution in [2.75, 3.05) is 0 Å². The van der Waals surface area contributed by atoms with Crippen molar-refractivity contribution in [2.24, 2.45) is 0 Å². The molecule has 0 fully saturated rings. The lowest BCUT2D eigenvalue weighted by atomic mass is 9.89. The molecule has 0 saturated heterocycles. The molecule has 0 saturated carbocycles. The summed E-state index contributed by atoms with van der Waals surface area (Å²) in [6, 6.07) is 71.2. The van der Waals surface area contributed by atoms with Gasteiger partial charge >= 0.3 is 0 Å². The molecule has 0 aliphatic rings. The van der Waals surface area contributed by atoms with Crippen LogP contribution in [0.15, 0.2) is 200 Å². The first-order valence-electron chi connectivity index (χ1n) is 19.0. The van der Waals surface area contributed by atoms with Crippen molar-refractivity contribution in [2.45, 2.75) is 0 Å². The molecule has 11 rings (SSSR count). The standard InChI is InChI=1S/C53H33N3/c1-2-11-34(12-3-1)35-21-27-40(28-22-35)51-54-52(56-53(55-51)47-20-10-16-38-24-23-37-14-5-8-18-44(37)50(38)47)41-29-25-39(26-30-41)49-45-19-9-6-15-42(45)33-48-43-17-7-4-13-36(43)31-32-46(48)49/h1-33H. The van der Waals surface area contributed by atoms with Gasteiger partial charge in [0.25, 0.3) is 0 Å². The summed E-state index contributed by atoms with van der Waals surface area (Å²) in [5, 5.41) is 12.1. The van der Waals surface area contributed by atoms with E-state index in [9.17, 15) is 0 Å². The van der Waals surface area contributed by atoms with E-state index in [0.29, 0.717) is 17.5 Å². The van der Waals surface area contributed by atoms with Gasteiger partial charge in [-0.15, -0.1) is 0 Å². The quantitative estimate of drug-likeness (QED) is 0.132. The predicted octanol–water partition coefficient (Wildman–Crippen LogP) is 14.0. The highest BCUT2D eigenvalue weighted by atomic mass is 15.0. The Hall–Kier alpha value is -7.49. The molecule has 0 spiro atoms. The van der Waals surface area contributed by atoms with Crippen LogP contribution in [0.1, 0.15) is 0 Å². The lowest BCUT2D eigenvalue weighted by molar-refractivity contribution is 1.08. The molecule has 3 heteroatoms. The van der Waals surface area contributed by atoms with E-state index in [2.05, 4.69) is 194 Å². The van der Waals surface area contributed by atoms with Gasteiger partial charge in [0.1, 0.15) is 0 Å². The van der Waals surface area contributed by atoms with Gasteiger partial charge in [0.2, 0.25) is 0 Å². The summed E-state index contributed by atoms with van der Waals surface area (Å²) < 4.78 is 0. The SMILES string of the molecule is c1ccc(-c2ccc(-c3nc(-c4ccc(-c5c6ccccc6cc6c5ccc5ccccc56)cc4)nc(-c4cccc5ccc6ccccc6c45)n3)cc2)cc1. The lowest BCUT2D eigenvalue weighted by Crippen LogP contribution is -2.01. The van der Waals surface area contributed by atoms with Crippen LogP contribution in [0, 0.1) is 0 Å². The van der Waals surface area contributed by atoms with Crippen LogP contribution >= 0.6 is 0 Å². The molecule has 10 aromatic carbocycles. The Morgan fingerprint density at radius 3 is 1.48 bits per heavy atom. The van der Waals surface area contributed by atoms with Crippen LogP contribution in [0.4, 0.5) is 0 Å². The van der Waals surface area contributed by atoms with Crippen LogP contribution in [-0.2, 0) is 0 Å². The second-order valence-corrected chi connectivity index (χ2v) is 14.4. The lowest BCUT2D eigenvalue weighted by Gasteiger charge is -2.15. The zero-order valence-electron chi connectivity index (χ0n) is 30.4. The fourth-order valence-electron chi connectivity index (χ4n) is 8.36. The topological polar surface area (TPSA) is 38.7 Å². The van der Waals surface area contributed by atoms with Gasteiger partial charge in [-0.3, -0.25) is 0 Å². The van der Waals surface area contributed by atoms with Gasteiger partial charge in [-0.25, -0.2) is 15.0 Å². The van der Waals surface area contributed by atoms with E-state index in [-0.39, 0.29) is 0 Å². The summed E-state index contributed by atoms with van der Waals surface area (Å²) in [6.45, 7) is 0. The third-order valence-electron chi connectivity index (χ3n) is 11.1. The van der Waals surface area contributed by atoms with Crippen LogP contribution in [0.25, 0.3) is 110 Å². The summed E-state index contributed by atoms with van der Waals surface area (Å²) >= 11 is 0. The van der Waals surface area contributed by atoms with Crippen molar-refractivity contribution in [1.29, 1.82) is 0 Å². The second-order valence-electron chi connectivity index (χ2n) is 14.4. The van der Waals surface area contributed by atoms with Crippen LogP contribution in [-0.4, -0.2) is 15.0 Å². The summed E-state index contributed by atoms with van der Waals surface area (Å²) in [7, 11) is 0. The van der Waals surface area contributed by atoms with E-state index in [4.69, 9.17) is 15.0 Å². The third kappa shape index (κ3) is 5.40. The van der Waals surface area contributed by atoms with Crippen LogP contribution in [0.2, 0.25) is 0 Å². The van der Waals surface area contributed by atoms with E-state index in [1.54, 1.807) is 0 Å². The van der Waals surface area contributed by atoms with Crippen molar-refractivity contribution in [1.82, 2.24) is 15.0 Å². The van der Waals surface area contributed by atoms with Gasteiger partial charge in [-0.05, 0) is 76.8 Å². The molecule has 0 aliphatic heterocycles. The average molecular weight is 712 g/mol. The van der Waals surface area contributed by atoms with Crippen molar-refractivity contribution >= 4 is 53.9 Å². The van der Waals surface area contributed by atoms with Crippen molar-refractivity contribution in [3.05, 3.63) is 200 Å². The molecule has 56 heavy (non-hydrogen) atoms. The largest absolute Gasteiger partial charge is 0.208 e. The molecule has 0 unspecified atom stereocenters. The maximum atomic E-state index is 5.24. The number of nitrogens with zero attached hydrogens (tertiary/aromatic N) is 3. The number of hydrogen-bond donors (Lipinski definition) is 0. The van der Waals surface area contributed by atoms with Gasteiger partial charge < -0.3 is 0 Å².